The summed E-state index contributed by atoms with van der Waals surface area (Å²) in [4.78, 5) is 18.0. The molecule has 2 rings (SSSR count). The molecule has 0 spiro atoms. The van der Waals surface area contributed by atoms with E-state index in [1.54, 1.807) is 11.9 Å². The second-order valence-electron chi connectivity index (χ2n) is 8.33. The van der Waals surface area contributed by atoms with Crippen molar-refractivity contribution in [1.82, 2.24) is 15.5 Å². The summed E-state index contributed by atoms with van der Waals surface area (Å²) in [7, 11) is 1.74. The van der Waals surface area contributed by atoms with Crippen molar-refractivity contribution in [1.29, 1.82) is 0 Å². The number of hydrogen-bond acceptors (Lipinski definition) is 4. The van der Waals surface area contributed by atoms with Crippen molar-refractivity contribution in [2.24, 2.45) is 4.99 Å². The van der Waals surface area contributed by atoms with Crippen LogP contribution >= 0.6 is 0 Å². The van der Waals surface area contributed by atoms with Crippen molar-refractivity contribution in [3.05, 3.63) is 35.4 Å². The van der Waals surface area contributed by atoms with Crippen LogP contribution in [0, 0.1) is 0 Å². The quantitative estimate of drug-likeness (QED) is 0.577. The first kappa shape index (κ1) is 22.0. The number of carbonyl (C=O) groups is 1. The molecule has 0 radical (unpaired) electrons. The Balaban J connectivity index is 1.76. The molecule has 156 valence electrons. The predicted octanol–water partition coefficient (Wildman–Crippen LogP) is 2.90. The maximum Gasteiger partial charge on any atom is 0.410 e. The van der Waals surface area contributed by atoms with E-state index in [1.807, 2.05) is 40.7 Å². The predicted molar refractivity (Wildman–Crippen MR) is 111 cm³/mol. The molecule has 1 aliphatic heterocycles. The Hall–Kier alpha value is -2.28. The number of nitrogens with one attached hydrogen (secondary N) is 2. The molecule has 1 fully saturated rings. The summed E-state index contributed by atoms with van der Waals surface area (Å²) in [6, 6.07) is 8.49. The summed E-state index contributed by atoms with van der Waals surface area (Å²) >= 11 is 0. The third kappa shape index (κ3) is 7.38. The molecule has 0 atom stereocenters. The second-order valence-corrected chi connectivity index (χ2v) is 8.33. The van der Waals surface area contributed by atoms with Crippen LogP contribution in [0.4, 0.5) is 4.79 Å². The fraction of sp³-hybridized carbons (Fsp3) is 0.619. The highest BCUT2D eigenvalue weighted by Crippen LogP contribution is 2.15. The van der Waals surface area contributed by atoms with E-state index in [4.69, 9.17) is 9.47 Å². The van der Waals surface area contributed by atoms with Crippen LogP contribution in [0.2, 0.25) is 0 Å². The average Bonchev–Trinajstić information content (AvgIpc) is 2.57. The molecule has 1 saturated heterocycles. The zero-order valence-electron chi connectivity index (χ0n) is 17.9. The smallest absolute Gasteiger partial charge is 0.410 e. The van der Waals surface area contributed by atoms with Gasteiger partial charge in [0.25, 0.3) is 0 Å². The Kier molecular flexibility index (Phi) is 7.69. The summed E-state index contributed by atoms with van der Waals surface area (Å²) in [6.07, 6.45) is -0.0542. The minimum Gasteiger partial charge on any atom is -0.444 e. The van der Waals surface area contributed by atoms with E-state index in [9.17, 15) is 4.79 Å². The normalized spacial score (nSPS) is 15.4. The highest BCUT2D eigenvalue weighted by atomic mass is 16.6. The van der Waals surface area contributed by atoms with E-state index >= 15 is 0 Å². The molecule has 1 aromatic carbocycles. The van der Waals surface area contributed by atoms with Crippen LogP contribution < -0.4 is 10.6 Å². The molecule has 1 aromatic rings. The molecule has 0 saturated carbocycles. The van der Waals surface area contributed by atoms with Crippen LogP contribution in [0.5, 0.6) is 0 Å². The fourth-order valence-electron chi connectivity index (χ4n) is 2.71. The van der Waals surface area contributed by atoms with E-state index in [2.05, 4.69) is 33.8 Å². The van der Waals surface area contributed by atoms with Gasteiger partial charge in [-0.05, 0) is 45.7 Å². The molecule has 0 bridgehead atoms. The van der Waals surface area contributed by atoms with Crippen LogP contribution in [-0.2, 0) is 22.6 Å². The Morgan fingerprint density at radius 3 is 2.57 bits per heavy atom. The lowest BCUT2D eigenvalue weighted by Gasteiger charge is -2.40. The first-order chi connectivity index (χ1) is 13.2. The number of guanidine groups is 1. The van der Waals surface area contributed by atoms with Crippen molar-refractivity contribution < 1.29 is 14.3 Å². The Bertz CT molecular complexity index is 676. The molecule has 0 aliphatic carbocycles. The van der Waals surface area contributed by atoms with Crippen molar-refractivity contribution >= 4 is 12.1 Å². The van der Waals surface area contributed by atoms with Crippen molar-refractivity contribution in [3.63, 3.8) is 0 Å². The Morgan fingerprint density at radius 2 is 1.96 bits per heavy atom. The van der Waals surface area contributed by atoms with E-state index in [-0.39, 0.29) is 18.2 Å². The number of hydrogen-bond donors (Lipinski definition) is 2. The molecule has 0 unspecified atom stereocenters. The summed E-state index contributed by atoms with van der Waals surface area (Å²) in [5, 5.41) is 6.66. The third-order valence-electron chi connectivity index (χ3n) is 4.13. The van der Waals surface area contributed by atoms with Gasteiger partial charge in [0.15, 0.2) is 5.96 Å². The third-order valence-corrected chi connectivity index (χ3v) is 4.13. The van der Waals surface area contributed by atoms with Gasteiger partial charge in [-0.15, -0.1) is 0 Å². The highest BCUT2D eigenvalue weighted by molar-refractivity contribution is 5.80. The SMILES string of the molecule is CN=C(NCc1cccc(COC(C)C)c1)NC1CN(C(=O)OC(C)(C)C)C1. The Morgan fingerprint density at radius 1 is 1.29 bits per heavy atom. The van der Waals surface area contributed by atoms with Crippen LogP contribution in [-0.4, -0.2) is 54.8 Å². The minimum absolute atomic E-state index is 0.171. The number of ether oxygens (including phenoxy) is 2. The van der Waals surface area contributed by atoms with Crippen LogP contribution in [0.3, 0.4) is 0 Å². The van der Waals surface area contributed by atoms with Crippen molar-refractivity contribution in [3.8, 4) is 0 Å². The maximum absolute atomic E-state index is 12.0. The number of aliphatic imine (C=N–C) groups is 1. The van der Waals surface area contributed by atoms with Gasteiger partial charge >= 0.3 is 6.09 Å². The van der Waals surface area contributed by atoms with Gasteiger partial charge in [0.1, 0.15) is 5.60 Å². The zero-order valence-corrected chi connectivity index (χ0v) is 17.9. The van der Waals surface area contributed by atoms with E-state index in [0.29, 0.717) is 26.2 Å². The lowest BCUT2D eigenvalue weighted by atomic mass is 10.1. The summed E-state index contributed by atoms with van der Waals surface area (Å²) < 4.78 is 11.0. The molecule has 2 N–H and O–H groups in total. The van der Waals surface area contributed by atoms with Gasteiger partial charge in [-0.1, -0.05) is 24.3 Å². The summed E-state index contributed by atoms with van der Waals surface area (Å²) in [5.74, 6) is 0.720. The molecular weight excluding hydrogens is 356 g/mol. The zero-order chi connectivity index (χ0) is 20.7. The molecule has 7 nitrogen and oxygen atoms in total. The largest absolute Gasteiger partial charge is 0.444 e. The molecule has 28 heavy (non-hydrogen) atoms. The molecule has 1 heterocycles. The van der Waals surface area contributed by atoms with Gasteiger partial charge in [0.2, 0.25) is 0 Å². The van der Waals surface area contributed by atoms with Gasteiger partial charge in [-0.3, -0.25) is 4.99 Å². The number of benzene rings is 1. The van der Waals surface area contributed by atoms with Crippen LogP contribution in [0.15, 0.2) is 29.3 Å². The van der Waals surface area contributed by atoms with Crippen LogP contribution in [0.1, 0.15) is 45.7 Å². The van der Waals surface area contributed by atoms with Crippen molar-refractivity contribution in [2.75, 3.05) is 20.1 Å². The fourth-order valence-corrected chi connectivity index (χ4v) is 2.71. The topological polar surface area (TPSA) is 75.2 Å². The summed E-state index contributed by atoms with van der Waals surface area (Å²) in [5.41, 5.74) is 1.85. The van der Waals surface area contributed by atoms with Gasteiger partial charge in [-0.25, -0.2) is 4.79 Å². The van der Waals surface area contributed by atoms with Gasteiger partial charge in [0, 0.05) is 26.7 Å². The van der Waals surface area contributed by atoms with E-state index in [1.165, 1.54) is 0 Å². The molecule has 1 amide bonds. The number of rotatable bonds is 6. The van der Waals surface area contributed by atoms with E-state index < -0.39 is 5.60 Å². The first-order valence-corrected chi connectivity index (χ1v) is 9.81. The lowest BCUT2D eigenvalue weighted by molar-refractivity contribution is 0.00701. The minimum atomic E-state index is -0.470. The standard InChI is InChI=1S/C21H34N4O3/c1-15(2)27-14-17-9-7-8-16(10-17)11-23-19(22-6)24-18-12-25(13-18)20(26)28-21(3,4)5/h7-10,15,18H,11-14H2,1-6H3,(H2,22,23,24). The molecule has 7 heteroatoms. The number of likely N-dealkylation sites (tertiary alicyclic amines) is 1. The lowest BCUT2D eigenvalue weighted by Crippen LogP contribution is -2.63. The number of amides is 1. The number of carbonyl (C=O) groups excluding carboxylic acids is 1. The van der Waals surface area contributed by atoms with Gasteiger partial charge < -0.3 is 25.0 Å². The van der Waals surface area contributed by atoms with E-state index in [0.717, 1.165) is 17.1 Å². The maximum atomic E-state index is 12.0. The molecular formula is C21H34N4O3. The van der Waals surface area contributed by atoms with Crippen molar-refractivity contribution in [2.45, 2.75) is 65.5 Å². The van der Waals surface area contributed by atoms with Crippen LogP contribution in [0.25, 0.3) is 0 Å². The molecule has 0 aromatic heterocycles. The average molecular weight is 391 g/mol. The first-order valence-electron chi connectivity index (χ1n) is 9.81. The monoisotopic (exact) mass is 390 g/mol. The second kappa shape index (κ2) is 9.78. The molecule has 1 aliphatic rings. The Labute approximate surface area is 168 Å². The van der Waals surface area contributed by atoms with Gasteiger partial charge in [0.05, 0.1) is 18.8 Å². The highest BCUT2D eigenvalue weighted by Gasteiger charge is 2.34. The number of nitrogens with zero attached hydrogens (tertiary/aromatic N) is 2. The summed E-state index contributed by atoms with van der Waals surface area (Å²) in [6.45, 7) is 12.2. The van der Waals surface area contributed by atoms with Gasteiger partial charge in [-0.2, -0.15) is 0 Å².